The Morgan fingerprint density at radius 2 is 1.75 bits per heavy atom. The molecule has 0 N–H and O–H groups in total. The molecular weight excluding hydrogens is 385 g/mol. The largest absolute Gasteiger partial charge is 0.452 e. The van der Waals surface area contributed by atoms with E-state index >= 15 is 0 Å². The average Bonchev–Trinajstić information content (AvgIpc) is 3.04. The minimum atomic E-state index is -3.38. The fourth-order valence-corrected chi connectivity index (χ4v) is 4.14. The molecule has 0 fully saturated rings. The molecule has 6 nitrogen and oxygen atoms in total. The van der Waals surface area contributed by atoms with Gasteiger partial charge in [0.1, 0.15) is 5.82 Å². The van der Waals surface area contributed by atoms with Crippen LogP contribution in [-0.2, 0) is 25.9 Å². The first-order valence-corrected chi connectivity index (χ1v) is 10.2. The monoisotopic (exact) mass is 403 g/mol. The van der Waals surface area contributed by atoms with E-state index in [9.17, 15) is 22.4 Å². The molecule has 3 rings (SSSR count). The summed E-state index contributed by atoms with van der Waals surface area (Å²) in [6, 6.07) is 13.7. The highest BCUT2D eigenvalue weighted by Gasteiger charge is 2.31. The highest BCUT2D eigenvalue weighted by molar-refractivity contribution is 7.94. The molecule has 0 saturated carbocycles. The van der Waals surface area contributed by atoms with Gasteiger partial charge in [-0.05, 0) is 23.8 Å². The molecule has 2 aromatic rings. The number of carbonyl (C=O) groups is 2. The fraction of sp³-hybridized carbons (Fsp3) is 0.200. The second-order valence-electron chi connectivity index (χ2n) is 6.29. The lowest BCUT2D eigenvalue weighted by Crippen LogP contribution is -2.42. The molecule has 0 bridgehead atoms. The maximum Gasteiger partial charge on any atom is 0.341 e. The Kier molecular flexibility index (Phi) is 5.89. The van der Waals surface area contributed by atoms with Gasteiger partial charge in [-0.3, -0.25) is 4.79 Å². The zero-order chi connectivity index (χ0) is 20.1. The Hall–Kier alpha value is -3.00. The lowest BCUT2D eigenvalue weighted by atomic mass is 10.1. The molecule has 28 heavy (non-hydrogen) atoms. The van der Waals surface area contributed by atoms with Gasteiger partial charge in [-0.15, -0.1) is 0 Å². The fourth-order valence-electron chi connectivity index (χ4n) is 2.84. The van der Waals surface area contributed by atoms with Crippen LogP contribution < -0.4 is 0 Å². The predicted molar refractivity (Wildman–Crippen MR) is 100 cm³/mol. The number of carbonyl (C=O) groups excluding carboxylic acids is 2. The van der Waals surface area contributed by atoms with Gasteiger partial charge in [0, 0.05) is 12.0 Å². The van der Waals surface area contributed by atoms with Crippen molar-refractivity contribution in [1.82, 2.24) is 4.90 Å². The molecule has 1 heterocycles. The van der Waals surface area contributed by atoms with Gasteiger partial charge in [0.2, 0.25) is 0 Å². The minimum absolute atomic E-state index is 0.154. The Morgan fingerprint density at radius 3 is 2.39 bits per heavy atom. The number of hydrogen-bond acceptors (Lipinski definition) is 5. The van der Waals surface area contributed by atoms with Crippen LogP contribution in [0, 0.1) is 5.82 Å². The molecule has 8 heteroatoms. The average molecular weight is 403 g/mol. The number of rotatable bonds is 6. The van der Waals surface area contributed by atoms with Crippen LogP contribution in [0.4, 0.5) is 4.39 Å². The number of halogens is 1. The molecule has 1 atom stereocenters. The zero-order valence-corrected chi connectivity index (χ0v) is 15.6. The summed E-state index contributed by atoms with van der Waals surface area (Å²) in [4.78, 5) is 26.1. The molecule has 0 radical (unpaired) electrons. The van der Waals surface area contributed by atoms with E-state index in [4.69, 9.17) is 4.74 Å². The van der Waals surface area contributed by atoms with Gasteiger partial charge in [-0.2, -0.15) is 0 Å². The van der Waals surface area contributed by atoms with E-state index in [1.807, 2.05) is 6.07 Å². The number of ether oxygens (including phenoxy) is 1. The lowest BCUT2D eigenvalue weighted by Gasteiger charge is -2.27. The van der Waals surface area contributed by atoms with Crippen LogP contribution >= 0.6 is 0 Å². The lowest BCUT2D eigenvalue weighted by molar-refractivity contribution is -0.136. The standard InChI is InChI=1S/C20H18FNO5S/c21-18-9-5-4-8-17(18)20(24)27-13-19(23)22(12-15-6-2-1-3-7-15)16-10-11-28(25,26)14-16/h1-11,16H,12-14H2/t16-/m1/s1. The van der Waals surface area contributed by atoms with Crippen LogP contribution in [-0.4, -0.2) is 43.6 Å². The number of amides is 1. The molecule has 1 amide bonds. The Balaban J connectivity index is 1.72. The van der Waals surface area contributed by atoms with E-state index in [0.717, 1.165) is 17.0 Å². The molecule has 146 valence electrons. The van der Waals surface area contributed by atoms with Gasteiger partial charge in [-0.1, -0.05) is 42.5 Å². The number of hydrogen-bond donors (Lipinski definition) is 0. The predicted octanol–water partition coefficient (Wildman–Crippen LogP) is 2.32. The maximum atomic E-state index is 13.7. The third kappa shape index (κ3) is 4.83. The van der Waals surface area contributed by atoms with Crippen molar-refractivity contribution in [2.24, 2.45) is 0 Å². The molecule has 1 aliphatic heterocycles. The van der Waals surface area contributed by atoms with E-state index in [1.165, 1.54) is 29.2 Å². The van der Waals surface area contributed by atoms with Crippen molar-refractivity contribution in [3.05, 3.63) is 83.0 Å². The number of nitrogens with zero attached hydrogens (tertiary/aromatic N) is 1. The Bertz CT molecular complexity index is 1000. The van der Waals surface area contributed by atoms with E-state index < -0.39 is 40.2 Å². The van der Waals surface area contributed by atoms with Crippen molar-refractivity contribution < 1.29 is 27.1 Å². The summed E-state index contributed by atoms with van der Waals surface area (Å²) in [5.41, 5.74) is 0.530. The summed E-state index contributed by atoms with van der Waals surface area (Å²) in [5.74, 6) is -2.50. The Labute approximate surface area is 162 Å². The highest BCUT2D eigenvalue weighted by atomic mass is 32.2. The van der Waals surface area contributed by atoms with Crippen molar-refractivity contribution in [2.45, 2.75) is 12.6 Å². The highest BCUT2D eigenvalue weighted by Crippen LogP contribution is 2.18. The number of benzene rings is 2. The molecule has 2 aromatic carbocycles. The van der Waals surface area contributed by atoms with Crippen molar-refractivity contribution in [2.75, 3.05) is 12.4 Å². The van der Waals surface area contributed by atoms with E-state index in [2.05, 4.69) is 0 Å². The molecule has 0 aliphatic carbocycles. The maximum absolute atomic E-state index is 13.7. The summed E-state index contributed by atoms with van der Waals surface area (Å²) in [5, 5.41) is 1.08. The molecule has 0 aromatic heterocycles. The summed E-state index contributed by atoms with van der Waals surface area (Å²) in [6.07, 6.45) is 1.44. The van der Waals surface area contributed by atoms with Crippen LogP contribution in [0.1, 0.15) is 15.9 Å². The normalized spacial score (nSPS) is 17.2. The van der Waals surface area contributed by atoms with Crippen molar-refractivity contribution in [3.8, 4) is 0 Å². The molecule has 0 unspecified atom stereocenters. The number of sulfone groups is 1. The number of esters is 1. The van der Waals surface area contributed by atoms with Gasteiger partial charge >= 0.3 is 5.97 Å². The second kappa shape index (κ2) is 8.35. The molecular formula is C20H18FNO5S. The Morgan fingerprint density at radius 1 is 1.07 bits per heavy atom. The third-order valence-electron chi connectivity index (χ3n) is 4.25. The minimum Gasteiger partial charge on any atom is -0.452 e. The van der Waals surface area contributed by atoms with Gasteiger partial charge in [0.15, 0.2) is 16.4 Å². The van der Waals surface area contributed by atoms with Crippen molar-refractivity contribution in [1.29, 1.82) is 0 Å². The van der Waals surface area contributed by atoms with Crippen molar-refractivity contribution >= 4 is 21.7 Å². The molecule has 1 aliphatic rings. The van der Waals surface area contributed by atoms with Crippen LogP contribution in [0.5, 0.6) is 0 Å². The first kappa shape index (κ1) is 19.8. The van der Waals surface area contributed by atoms with E-state index in [1.54, 1.807) is 24.3 Å². The van der Waals surface area contributed by atoms with Crippen LogP contribution in [0.25, 0.3) is 0 Å². The SMILES string of the molecule is O=C(OCC(=O)N(Cc1ccccc1)[C@@H]1C=CS(=O)(=O)C1)c1ccccc1F. The smallest absolute Gasteiger partial charge is 0.341 e. The van der Waals surface area contributed by atoms with Gasteiger partial charge in [0.25, 0.3) is 5.91 Å². The summed E-state index contributed by atoms with van der Waals surface area (Å²) < 4.78 is 42.1. The summed E-state index contributed by atoms with van der Waals surface area (Å²) >= 11 is 0. The van der Waals surface area contributed by atoms with Gasteiger partial charge < -0.3 is 9.64 Å². The van der Waals surface area contributed by atoms with E-state index in [0.29, 0.717) is 0 Å². The van der Waals surface area contributed by atoms with Gasteiger partial charge in [-0.25, -0.2) is 17.6 Å². The second-order valence-corrected chi connectivity index (χ2v) is 8.22. The molecule has 0 saturated heterocycles. The van der Waals surface area contributed by atoms with E-state index in [-0.39, 0.29) is 17.9 Å². The quantitative estimate of drug-likeness (QED) is 0.692. The summed E-state index contributed by atoms with van der Waals surface area (Å²) in [6.45, 7) is -0.466. The van der Waals surface area contributed by atoms with Crippen LogP contribution in [0.2, 0.25) is 0 Å². The summed E-state index contributed by atoms with van der Waals surface area (Å²) in [7, 11) is -3.38. The van der Waals surface area contributed by atoms with Crippen molar-refractivity contribution in [3.63, 3.8) is 0 Å². The van der Waals surface area contributed by atoms with Crippen LogP contribution in [0.15, 0.2) is 66.1 Å². The first-order valence-electron chi connectivity index (χ1n) is 8.52. The first-order chi connectivity index (χ1) is 13.4. The zero-order valence-electron chi connectivity index (χ0n) is 14.8. The molecule has 0 spiro atoms. The topological polar surface area (TPSA) is 80.8 Å². The third-order valence-corrected chi connectivity index (χ3v) is 5.63. The van der Waals surface area contributed by atoms with Gasteiger partial charge in [0.05, 0.1) is 17.4 Å². The van der Waals surface area contributed by atoms with Crippen LogP contribution in [0.3, 0.4) is 0 Å².